The summed E-state index contributed by atoms with van der Waals surface area (Å²) in [4.78, 5) is 10.6. The maximum atomic E-state index is 10.6. The number of nitrogens with one attached hydrogen (secondary N) is 1. The van der Waals surface area contributed by atoms with Crippen LogP contribution < -0.4 is 5.32 Å². The molecule has 1 amide bonds. The van der Waals surface area contributed by atoms with Gasteiger partial charge < -0.3 is 10.4 Å². The van der Waals surface area contributed by atoms with E-state index in [9.17, 15) is 4.79 Å². The molecule has 0 spiro atoms. The molecule has 0 radical (unpaired) electrons. The van der Waals surface area contributed by atoms with E-state index < -0.39 is 0 Å². The van der Waals surface area contributed by atoms with Gasteiger partial charge in [-0.1, -0.05) is 6.92 Å². The van der Waals surface area contributed by atoms with Crippen molar-refractivity contribution in [1.29, 1.82) is 0 Å². The second kappa shape index (κ2) is 6.55. The van der Waals surface area contributed by atoms with Crippen molar-refractivity contribution >= 4 is 5.91 Å². The lowest BCUT2D eigenvalue weighted by molar-refractivity contribution is -0.120. The molecule has 0 aliphatic heterocycles. The normalized spacial score (nSPS) is 9.40. The lowest BCUT2D eigenvalue weighted by Crippen LogP contribution is -2.23. The standard InChI is InChI=1S/C7H15NO2/c1-2-7(10)8-5-3-4-6-9/h9H,2-6H2,1H3,(H,8,10). The van der Waals surface area contributed by atoms with Crippen LogP contribution in [0.2, 0.25) is 0 Å². The van der Waals surface area contributed by atoms with Crippen LogP contribution in [0, 0.1) is 0 Å². The zero-order valence-electron chi connectivity index (χ0n) is 6.39. The molecule has 0 saturated carbocycles. The van der Waals surface area contributed by atoms with Crippen LogP contribution in [0.15, 0.2) is 0 Å². The fourth-order valence-electron chi connectivity index (χ4n) is 0.590. The van der Waals surface area contributed by atoms with Crippen molar-refractivity contribution in [3.8, 4) is 0 Å². The van der Waals surface area contributed by atoms with Gasteiger partial charge in [-0.05, 0) is 12.8 Å². The van der Waals surface area contributed by atoms with Crippen molar-refractivity contribution in [2.75, 3.05) is 13.2 Å². The second-order valence-corrected chi connectivity index (χ2v) is 2.13. The topological polar surface area (TPSA) is 49.3 Å². The van der Waals surface area contributed by atoms with E-state index >= 15 is 0 Å². The second-order valence-electron chi connectivity index (χ2n) is 2.13. The molecule has 0 heterocycles. The van der Waals surface area contributed by atoms with Crippen LogP contribution in [-0.4, -0.2) is 24.2 Å². The molecular weight excluding hydrogens is 130 g/mol. The Kier molecular flexibility index (Phi) is 6.18. The summed E-state index contributed by atoms with van der Waals surface area (Å²) in [5.41, 5.74) is 0. The maximum Gasteiger partial charge on any atom is 0.219 e. The van der Waals surface area contributed by atoms with Crippen molar-refractivity contribution in [2.45, 2.75) is 26.2 Å². The van der Waals surface area contributed by atoms with E-state index in [-0.39, 0.29) is 12.5 Å². The van der Waals surface area contributed by atoms with E-state index in [2.05, 4.69) is 5.32 Å². The van der Waals surface area contributed by atoms with Crippen LogP contribution in [0.3, 0.4) is 0 Å². The SMILES string of the molecule is CCC(=O)NCCCCO. The molecule has 3 heteroatoms. The van der Waals surface area contributed by atoms with Gasteiger partial charge in [-0.2, -0.15) is 0 Å². The van der Waals surface area contributed by atoms with Gasteiger partial charge in [0.05, 0.1) is 0 Å². The number of hydrogen-bond donors (Lipinski definition) is 2. The number of amides is 1. The molecule has 0 atom stereocenters. The number of hydrogen-bond acceptors (Lipinski definition) is 2. The Morgan fingerprint density at radius 2 is 2.20 bits per heavy atom. The van der Waals surface area contributed by atoms with Crippen molar-refractivity contribution in [3.05, 3.63) is 0 Å². The summed E-state index contributed by atoms with van der Waals surface area (Å²) in [5.74, 6) is 0.0814. The maximum absolute atomic E-state index is 10.6. The highest BCUT2D eigenvalue weighted by Crippen LogP contribution is 1.84. The Balaban J connectivity index is 2.96. The van der Waals surface area contributed by atoms with Crippen molar-refractivity contribution < 1.29 is 9.90 Å². The molecule has 0 rings (SSSR count). The number of aliphatic hydroxyl groups excluding tert-OH is 1. The molecule has 0 aromatic heterocycles. The summed E-state index contributed by atoms with van der Waals surface area (Å²) in [6.45, 7) is 2.72. The average Bonchev–Trinajstić information content (AvgIpc) is 1.98. The molecule has 0 bridgehead atoms. The average molecular weight is 145 g/mol. The third kappa shape index (κ3) is 5.56. The van der Waals surface area contributed by atoms with E-state index in [1.807, 2.05) is 6.92 Å². The van der Waals surface area contributed by atoms with Gasteiger partial charge >= 0.3 is 0 Å². The summed E-state index contributed by atoms with van der Waals surface area (Å²) in [6.07, 6.45) is 2.17. The third-order valence-corrected chi connectivity index (χ3v) is 1.23. The molecule has 10 heavy (non-hydrogen) atoms. The van der Waals surface area contributed by atoms with Crippen LogP contribution in [0.4, 0.5) is 0 Å². The molecule has 0 aromatic carbocycles. The first-order valence-electron chi connectivity index (χ1n) is 3.68. The van der Waals surface area contributed by atoms with E-state index in [4.69, 9.17) is 5.11 Å². The zero-order chi connectivity index (χ0) is 7.82. The summed E-state index contributed by atoms with van der Waals surface area (Å²) < 4.78 is 0. The summed E-state index contributed by atoms with van der Waals surface area (Å²) in [5, 5.41) is 11.1. The van der Waals surface area contributed by atoms with Gasteiger partial charge in [0.1, 0.15) is 0 Å². The number of unbranched alkanes of at least 4 members (excludes halogenated alkanes) is 1. The zero-order valence-corrected chi connectivity index (χ0v) is 6.39. The fourth-order valence-corrected chi connectivity index (χ4v) is 0.590. The molecule has 2 N–H and O–H groups in total. The predicted octanol–water partition coefficient (Wildman–Crippen LogP) is 0.285. The highest BCUT2D eigenvalue weighted by atomic mass is 16.2. The van der Waals surface area contributed by atoms with Crippen LogP contribution in [0.25, 0.3) is 0 Å². The number of aliphatic hydroxyl groups is 1. The molecule has 0 saturated heterocycles. The van der Waals surface area contributed by atoms with Crippen LogP contribution >= 0.6 is 0 Å². The number of rotatable bonds is 5. The first-order chi connectivity index (χ1) is 4.81. The summed E-state index contributed by atoms with van der Waals surface area (Å²) in [6, 6.07) is 0. The number of carbonyl (C=O) groups excluding carboxylic acids is 1. The van der Waals surface area contributed by atoms with Crippen LogP contribution in [0.5, 0.6) is 0 Å². The molecular formula is C7H15NO2. The third-order valence-electron chi connectivity index (χ3n) is 1.23. The van der Waals surface area contributed by atoms with Gasteiger partial charge in [0.15, 0.2) is 0 Å². The molecule has 0 aromatic rings. The Bertz CT molecular complexity index is 93.6. The largest absolute Gasteiger partial charge is 0.396 e. The highest BCUT2D eigenvalue weighted by molar-refractivity contribution is 5.75. The van der Waals surface area contributed by atoms with E-state index in [0.29, 0.717) is 13.0 Å². The van der Waals surface area contributed by atoms with Gasteiger partial charge in [-0.3, -0.25) is 4.79 Å². The highest BCUT2D eigenvalue weighted by Gasteiger charge is 1.93. The monoisotopic (exact) mass is 145 g/mol. The predicted molar refractivity (Wildman–Crippen MR) is 39.6 cm³/mol. The minimum absolute atomic E-state index is 0.0814. The summed E-state index contributed by atoms with van der Waals surface area (Å²) in [7, 11) is 0. The van der Waals surface area contributed by atoms with Crippen LogP contribution in [-0.2, 0) is 4.79 Å². The molecule has 0 aliphatic carbocycles. The van der Waals surface area contributed by atoms with Crippen molar-refractivity contribution in [1.82, 2.24) is 5.32 Å². The summed E-state index contributed by atoms with van der Waals surface area (Å²) >= 11 is 0. The fraction of sp³-hybridized carbons (Fsp3) is 0.857. The molecule has 3 nitrogen and oxygen atoms in total. The quantitative estimate of drug-likeness (QED) is 0.546. The molecule has 0 unspecified atom stereocenters. The minimum Gasteiger partial charge on any atom is -0.396 e. The van der Waals surface area contributed by atoms with Crippen LogP contribution in [0.1, 0.15) is 26.2 Å². The van der Waals surface area contributed by atoms with Gasteiger partial charge in [0, 0.05) is 19.6 Å². The lowest BCUT2D eigenvalue weighted by Gasteiger charge is -2.00. The molecule has 0 fully saturated rings. The van der Waals surface area contributed by atoms with E-state index in [1.165, 1.54) is 0 Å². The first-order valence-corrected chi connectivity index (χ1v) is 3.68. The Morgan fingerprint density at radius 1 is 1.50 bits per heavy atom. The van der Waals surface area contributed by atoms with Gasteiger partial charge in [0.2, 0.25) is 5.91 Å². The Labute approximate surface area is 61.4 Å². The van der Waals surface area contributed by atoms with E-state index in [1.54, 1.807) is 0 Å². The van der Waals surface area contributed by atoms with E-state index in [0.717, 1.165) is 12.8 Å². The smallest absolute Gasteiger partial charge is 0.219 e. The minimum atomic E-state index is 0.0814. The van der Waals surface area contributed by atoms with Crippen molar-refractivity contribution in [2.24, 2.45) is 0 Å². The van der Waals surface area contributed by atoms with Gasteiger partial charge in [0.25, 0.3) is 0 Å². The first kappa shape index (κ1) is 9.43. The lowest BCUT2D eigenvalue weighted by atomic mass is 10.3. The molecule has 60 valence electrons. The Hall–Kier alpha value is -0.570. The number of carbonyl (C=O) groups is 1. The van der Waals surface area contributed by atoms with Gasteiger partial charge in [-0.25, -0.2) is 0 Å². The Morgan fingerprint density at radius 3 is 2.70 bits per heavy atom. The van der Waals surface area contributed by atoms with Crippen molar-refractivity contribution in [3.63, 3.8) is 0 Å². The van der Waals surface area contributed by atoms with Gasteiger partial charge in [-0.15, -0.1) is 0 Å². The molecule has 0 aliphatic rings.